The molecule has 0 bridgehead atoms. The molecule has 1 aromatic rings. The summed E-state index contributed by atoms with van der Waals surface area (Å²) < 4.78 is 18.5. The van der Waals surface area contributed by atoms with Gasteiger partial charge in [-0.1, -0.05) is 12.2 Å². The lowest BCUT2D eigenvalue weighted by molar-refractivity contribution is -0.119. The van der Waals surface area contributed by atoms with Crippen LogP contribution in [-0.2, 0) is 9.53 Å². The summed E-state index contributed by atoms with van der Waals surface area (Å²) in [4.78, 5) is 12.1. The van der Waals surface area contributed by atoms with E-state index in [4.69, 9.17) is 22.7 Å². The first-order chi connectivity index (χ1) is 8.97. The van der Waals surface area contributed by atoms with E-state index < -0.39 is 5.82 Å². The van der Waals surface area contributed by atoms with Gasteiger partial charge in [-0.25, -0.2) is 4.39 Å². The number of hydrogen-bond donors (Lipinski definition) is 2. The number of nitrogens with two attached hydrogens (primary N) is 1. The predicted octanol–water partition coefficient (Wildman–Crippen LogP) is 1.82. The first-order valence-electron chi connectivity index (χ1n) is 5.99. The van der Waals surface area contributed by atoms with Crippen molar-refractivity contribution in [3.63, 3.8) is 0 Å². The van der Waals surface area contributed by atoms with Crippen molar-refractivity contribution in [1.29, 1.82) is 0 Å². The Morgan fingerprint density at radius 2 is 2.32 bits per heavy atom. The molecule has 0 saturated carbocycles. The Balaban J connectivity index is 2.14. The van der Waals surface area contributed by atoms with Crippen LogP contribution in [0, 0.1) is 11.7 Å². The molecule has 0 spiro atoms. The number of carbonyl (C=O) groups excluding carboxylic acids is 1. The van der Waals surface area contributed by atoms with Crippen LogP contribution in [-0.4, -0.2) is 23.6 Å². The first-order valence-corrected chi connectivity index (χ1v) is 6.40. The van der Waals surface area contributed by atoms with Crippen molar-refractivity contribution in [2.75, 3.05) is 11.9 Å². The Bertz CT molecular complexity index is 521. The fourth-order valence-corrected chi connectivity index (χ4v) is 2.23. The first kappa shape index (κ1) is 13.9. The van der Waals surface area contributed by atoms with Gasteiger partial charge in [0.05, 0.1) is 24.3 Å². The molecule has 3 N–H and O–H groups in total. The van der Waals surface area contributed by atoms with E-state index in [1.165, 1.54) is 18.2 Å². The summed E-state index contributed by atoms with van der Waals surface area (Å²) in [5, 5.41) is 2.73. The van der Waals surface area contributed by atoms with E-state index in [0.717, 1.165) is 0 Å². The van der Waals surface area contributed by atoms with Gasteiger partial charge in [-0.2, -0.15) is 0 Å². The number of halogens is 1. The molecule has 1 aromatic carbocycles. The van der Waals surface area contributed by atoms with Gasteiger partial charge >= 0.3 is 0 Å². The van der Waals surface area contributed by atoms with E-state index in [1.54, 1.807) is 0 Å². The van der Waals surface area contributed by atoms with E-state index >= 15 is 0 Å². The molecule has 2 unspecified atom stereocenters. The highest BCUT2D eigenvalue weighted by atomic mass is 32.1. The van der Waals surface area contributed by atoms with Crippen LogP contribution in [0.4, 0.5) is 10.1 Å². The summed E-state index contributed by atoms with van der Waals surface area (Å²) in [6, 6.07) is 3.93. The third-order valence-corrected chi connectivity index (χ3v) is 3.29. The number of rotatable bonds is 3. The van der Waals surface area contributed by atoms with Crippen molar-refractivity contribution in [2.45, 2.75) is 19.4 Å². The summed E-state index contributed by atoms with van der Waals surface area (Å²) in [5.74, 6) is -0.800. The number of benzene rings is 1. The molecule has 1 aliphatic heterocycles. The zero-order chi connectivity index (χ0) is 14.0. The van der Waals surface area contributed by atoms with Crippen LogP contribution in [0.1, 0.15) is 18.9 Å². The van der Waals surface area contributed by atoms with Gasteiger partial charge in [0.1, 0.15) is 10.8 Å². The van der Waals surface area contributed by atoms with Gasteiger partial charge in [-0.3, -0.25) is 4.79 Å². The van der Waals surface area contributed by atoms with E-state index in [-0.39, 0.29) is 22.9 Å². The van der Waals surface area contributed by atoms with Crippen LogP contribution >= 0.6 is 12.2 Å². The van der Waals surface area contributed by atoms with Crippen LogP contribution in [0.25, 0.3) is 0 Å². The molecule has 6 heteroatoms. The van der Waals surface area contributed by atoms with E-state index in [0.29, 0.717) is 24.3 Å². The second-order valence-electron chi connectivity index (χ2n) is 4.62. The zero-order valence-electron chi connectivity index (χ0n) is 10.5. The van der Waals surface area contributed by atoms with Gasteiger partial charge in [0.25, 0.3) is 0 Å². The minimum atomic E-state index is -0.446. The molecule has 1 saturated heterocycles. The topological polar surface area (TPSA) is 64.4 Å². The van der Waals surface area contributed by atoms with Crippen molar-refractivity contribution in [2.24, 2.45) is 11.7 Å². The average Bonchev–Trinajstić information content (AvgIpc) is 2.78. The lowest BCUT2D eigenvalue weighted by atomic mass is 10.0. The van der Waals surface area contributed by atoms with Crippen LogP contribution in [0.3, 0.4) is 0 Å². The minimum Gasteiger partial charge on any atom is -0.389 e. The molecular weight excluding hydrogens is 267 g/mol. The number of anilines is 1. The summed E-state index contributed by atoms with van der Waals surface area (Å²) in [5.41, 5.74) is 6.28. The Kier molecular flexibility index (Phi) is 4.11. The van der Waals surface area contributed by atoms with Crippen molar-refractivity contribution in [1.82, 2.24) is 0 Å². The molecule has 1 aliphatic rings. The Labute approximate surface area is 116 Å². The lowest BCUT2D eigenvalue weighted by Crippen LogP contribution is -2.25. The molecule has 0 aliphatic carbocycles. The number of carbonyl (C=O) groups is 1. The monoisotopic (exact) mass is 282 g/mol. The summed E-state index contributed by atoms with van der Waals surface area (Å²) in [6.07, 6.45) is 0.758. The average molecular weight is 282 g/mol. The van der Waals surface area contributed by atoms with Gasteiger partial charge in [0.15, 0.2) is 0 Å². The van der Waals surface area contributed by atoms with E-state index in [9.17, 15) is 9.18 Å². The third kappa shape index (κ3) is 3.27. The molecule has 0 radical (unpaired) electrons. The van der Waals surface area contributed by atoms with Crippen LogP contribution < -0.4 is 11.1 Å². The summed E-state index contributed by atoms with van der Waals surface area (Å²) >= 11 is 4.85. The SMILES string of the molecule is CC1CC(C(=O)Nc2ccc(F)cc2C(N)=S)CO1. The van der Waals surface area contributed by atoms with Crippen LogP contribution in [0.15, 0.2) is 18.2 Å². The van der Waals surface area contributed by atoms with E-state index in [2.05, 4.69) is 5.32 Å². The number of ether oxygens (including phenoxy) is 1. The van der Waals surface area contributed by atoms with Gasteiger partial charge in [0.2, 0.25) is 5.91 Å². The smallest absolute Gasteiger partial charge is 0.229 e. The van der Waals surface area contributed by atoms with Gasteiger partial charge < -0.3 is 15.8 Å². The summed E-state index contributed by atoms with van der Waals surface area (Å²) in [6.45, 7) is 2.32. The Hall–Kier alpha value is -1.53. The van der Waals surface area contributed by atoms with Crippen LogP contribution in [0.2, 0.25) is 0 Å². The highest BCUT2D eigenvalue weighted by Crippen LogP contribution is 2.23. The van der Waals surface area contributed by atoms with Crippen LogP contribution in [0.5, 0.6) is 0 Å². The fraction of sp³-hybridized carbons (Fsp3) is 0.385. The lowest BCUT2D eigenvalue weighted by Gasteiger charge is -2.13. The molecule has 1 amide bonds. The molecule has 1 heterocycles. The van der Waals surface area contributed by atoms with Gasteiger partial charge in [0, 0.05) is 5.56 Å². The van der Waals surface area contributed by atoms with Gasteiger partial charge in [-0.15, -0.1) is 0 Å². The second kappa shape index (κ2) is 5.63. The highest BCUT2D eigenvalue weighted by molar-refractivity contribution is 7.80. The number of amides is 1. The molecular formula is C13H15FN2O2S. The summed E-state index contributed by atoms with van der Waals surface area (Å²) in [7, 11) is 0. The predicted molar refractivity (Wildman–Crippen MR) is 74.4 cm³/mol. The number of nitrogens with one attached hydrogen (secondary N) is 1. The zero-order valence-corrected chi connectivity index (χ0v) is 11.3. The van der Waals surface area contributed by atoms with E-state index in [1.807, 2.05) is 6.92 Å². The largest absolute Gasteiger partial charge is 0.389 e. The maximum absolute atomic E-state index is 13.1. The quantitative estimate of drug-likeness (QED) is 0.830. The second-order valence-corrected chi connectivity index (χ2v) is 5.06. The standard InChI is InChI=1S/C13H15FN2O2S/c1-7-4-8(6-18-7)13(17)16-11-3-2-9(14)5-10(11)12(15)19/h2-3,5,7-8H,4,6H2,1H3,(H2,15,19)(H,16,17). The Morgan fingerprint density at radius 1 is 1.58 bits per heavy atom. The molecule has 1 fully saturated rings. The molecule has 102 valence electrons. The minimum absolute atomic E-state index is 0.0471. The normalized spacial score (nSPS) is 22.2. The molecule has 2 rings (SSSR count). The molecule has 19 heavy (non-hydrogen) atoms. The molecule has 0 aromatic heterocycles. The molecule has 2 atom stereocenters. The van der Waals surface area contributed by atoms with Crippen molar-refractivity contribution in [3.05, 3.63) is 29.6 Å². The highest BCUT2D eigenvalue weighted by Gasteiger charge is 2.28. The maximum Gasteiger partial charge on any atom is 0.229 e. The number of thiocarbonyl (C=S) groups is 1. The van der Waals surface area contributed by atoms with Crippen molar-refractivity contribution in [3.8, 4) is 0 Å². The maximum atomic E-state index is 13.1. The van der Waals surface area contributed by atoms with Crippen molar-refractivity contribution < 1.29 is 13.9 Å². The van der Waals surface area contributed by atoms with Gasteiger partial charge in [-0.05, 0) is 31.5 Å². The number of hydrogen-bond acceptors (Lipinski definition) is 3. The fourth-order valence-electron chi connectivity index (χ4n) is 2.06. The van der Waals surface area contributed by atoms with Crippen molar-refractivity contribution >= 4 is 28.8 Å². The third-order valence-electron chi connectivity index (χ3n) is 3.07. The molecule has 4 nitrogen and oxygen atoms in total. The Morgan fingerprint density at radius 3 is 2.89 bits per heavy atom.